The van der Waals surface area contributed by atoms with E-state index in [1.807, 2.05) is 0 Å². The molecule has 0 radical (unpaired) electrons. The lowest BCUT2D eigenvalue weighted by Gasteiger charge is -2.34. The summed E-state index contributed by atoms with van der Waals surface area (Å²) in [6, 6.07) is 3.25. The number of fused-ring (bicyclic) bond motifs is 1. The average molecular weight is 342 g/mol. The molecule has 1 fully saturated rings. The molecule has 2 aromatic heterocycles. The van der Waals surface area contributed by atoms with E-state index in [1.165, 1.54) is 29.8 Å². The van der Waals surface area contributed by atoms with E-state index in [0.717, 1.165) is 45.7 Å². The van der Waals surface area contributed by atoms with E-state index < -0.39 is 0 Å². The first kappa shape index (κ1) is 16.5. The van der Waals surface area contributed by atoms with Crippen molar-refractivity contribution in [3.05, 3.63) is 45.6 Å². The quantitative estimate of drug-likeness (QED) is 0.781. The van der Waals surface area contributed by atoms with Crippen molar-refractivity contribution in [2.45, 2.75) is 32.4 Å². The monoisotopic (exact) mass is 342 g/mol. The Kier molecular flexibility index (Phi) is 4.67. The topological polar surface area (TPSA) is 59.2 Å². The average Bonchev–Trinajstić information content (AvgIpc) is 3.18. The third-order valence-corrected chi connectivity index (χ3v) is 5.45. The summed E-state index contributed by atoms with van der Waals surface area (Å²) in [5.74, 6) is 0. The molecule has 2 aliphatic rings. The van der Waals surface area contributed by atoms with Crippen molar-refractivity contribution in [3.8, 4) is 0 Å². The largest absolute Gasteiger partial charge is 0.299 e. The fourth-order valence-corrected chi connectivity index (χ4v) is 3.96. The van der Waals surface area contributed by atoms with Gasteiger partial charge in [-0.05, 0) is 30.9 Å². The number of rotatable bonds is 5. The summed E-state index contributed by atoms with van der Waals surface area (Å²) < 4.78 is 3.63. The standard InChI is InChI=1S/C18H26N6O/c1-21-17(15-4-2-5-16(15)20-21)14-23-10-8-22(9-11-23)12-13-24-18(25)6-3-7-19-24/h3,6-7H,2,4-5,8-14H2,1H3. The zero-order valence-electron chi connectivity index (χ0n) is 14.9. The van der Waals surface area contributed by atoms with Crippen molar-refractivity contribution in [3.63, 3.8) is 0 Å². The molecular formula is C18H26N6O. The number of aryl methyl sites for hydroxylation is 2. The van der Waals surface area contributed by atoms with Crippen LogP contribution in [0.5, 0.6) is 0 Å². The number of nitrogens with zero attached hydrogens (tertiary/aromatic N) is 6. The molecule has 1 aliphatic carbocycles. The second-order valence-electron chi connectivity index (χ2n) is 7.05. The van der Waals surface area contributed by atoms with Gasteiger partial charge in [-0.3, -0.25) is 19.3 Å². The Morgan fingerprint density at radius 3 is 2.68 bits per heavy atom. The van der Waals surface area contributed by atoms with Crippen LogP contribution in [0, 0.1) is 0 Å². The second kappa shape index (κ2) is 7.09. The Morgan fingerprint density at radius 2 is 1.88 bits per heavy atom. The molecule has 134 valence electrons. The van der Waals surface area contributed by atoms with E-state index in [2.05, 4.69) is 31.7 Å². The van der Waals surface area contributed by atoms with Crippen LogP contribution in [0.2, 0.25) is 0 Å². The van der Waals surface area contributed by atoms with Crippen LogP contribution in [-0.4, -0.2) is 62.1 Å². The molecule has 4 rings (SSSR count). The lowest BCUT2D eigenvalue weighted by molar-refractivity contribution is 0.120. The predicted octanol–water partition coefficient (Wildman–Crippen LogP) is 0.283. The van der Waals surface area contributed by atoms with Crippen molar-refractivity contribution in [1.82, 2.24) is 29.4 Å². The number of hydrogen-bond acceptors (Lipinski definition) is 5. The first-order valence-electron chi connectivity index (χ1n) is 9.21. The molecule has 0 unspecified atom stereocenters. The molecule has 7 heteroatoms. The molecule has 0 spiro atoms. The molecule has 25 heavy (non-hydrogen) atoms. The Morgan fingerprint density at radius 1 is 1.08 bits per heavy atom. The van der Waals surface area contributed by atoms with Crippen molar-refractivity contribution < 1.29 is 0 Å². The maximum Gasteiger partial charge on any atom is 0.266 e. The number of aromatic nitrogens is 4. The van der Waals surface area contributed by atoms with Crippen LogP contribution in [0.15, 0.2) is 23.1 Å². The summed E-state index contributed by atoms with van der Waals surface area (Å²) in [6.07, 6.45) is 5.26. The van der Waals surface area contributed by atoms with E-state index in [0.29, 0.717) is 6.54 Å². The molecule has 7 nitrogen and oxygen atoms in total. The van der Waals surface area contributed by atoms with Gasteiger partial charge >= 0.3 is 0 Å². The maximum absolute atomic E-state index is 11.7. The highest BCUT2D eigenvalue weighted by Gasteiger charge is 2.24. The third-order valence-electron chi connectivity index (χ3n) is 5.45. The minimum Gasteiger partial charge on any atom is -0.299 e. The predicted molar refractivity (Wildman–Crippen MR) is 95.4 cm³/mol. The SMILES string of the molecule is Cn1nc2c(c1CN1CCN(CCn3ncccc3=O)CC1)CCC2. The van der Waals surface area contributed by atoms with Gasteiger partial charge in [0, 0.05) is 58.6 Å². The first-order chi connectivity index (χ1) is 12.2. The highest BCUT2D eigenvalue weighted by Crippen LogP contribution is 2.25. The Balaban J connectivity index is 1.29. The van der Waals surface area contributed by atoms with Gasteiger partial charge in [0.15, 0.2) is 0 Å². The Labute approximate surface area is 147 Å². The van der Waals surface area contributed by atoms with Gasteiger partial charge in [0.05, 0.1) is 17.9 Å². The second-order valence-corrected chi connectivity index (χ2v) is 7.05. The molecule has 0 aromatic carbocycles. The van der Waals surface area contributed by atoms with Crippen molar-refractivity contribution >= 4 is 0 Å². The van der Waals surface area contributed by atoms with E-state index in [9.17, 15) is 4.79 Å². The molecule has 3 heterocycles. The molecule has 1 saturated heterocycles. The fraction of sp³-hybridized carbons (Fsp3) is 0.611. The van der Waals surface area contributed by atoms with Crippen molar-refractivity contribution in [1.29, 1.82) is 0 Å². The highest BCUT2D eigenvalue weighted by atomic mass is 16.1. The van der Waals surface area contributed by atoms with Crippen LogP contribution < -0.4 is 5.56 Å². The zero-order valence-corrected chi connectivity index (χ0v) is 14.9. The van der Waals surface area contributed by atoms with Crippen LogP contribution in [0.3, 0.4) is 0 Å². The molecule has 0 atom stereocenters. The molecule has 2 aromatic rings. The van der Waals surface area contributed by atoms with Crippen LogP contribution >= 0.6 is 0 Å². The molecule has 0 bridgehead atoms. The van der Waals surface area contributed by atoms with E-state index in [4.69, 9.17) is 0 Å². The zero-order chi connectivity index (χ0) is 17.2. The Bertz CT molecular complexity index is 787. The van der Waals surface area contributed by atoms with Gasteiger partial charge in [0.2, 0.25) is 0 Å². The minimum atomic E-state index is -0.0220. The van der Waals surface area contributed by atoms with Gasteiger partial charge in [-0.25, -0.2) is 4.68 Å². The molecule has 1 aliphatic heterocycles. The first-order valence-corrected chi connectivity index (χ1v) is 9.21. The molecule has 0 amide bonds. The smallest absolute Gasteiger partial charge is 0.266 e. The molecule has 0 saturated carbocycles. The van der Waals surface area contributed by atoms with Crippen molar-refractivity contribution in [2.75, 3.05) is 32.7 Å². The van der Waals surface area contributed by atoms with Gasteiger partial charge in [0.25, 0.3) is 5.56 Å². The summed E-state index contributed by atoms with van der Waals surface area (Å²) in [5, 5.41) is 8.81. The normalized spacial score (nSPS) is 18.6. The molecule has 0 N–H and O–H groups in total. The summed E-state index contributed by atoms with van der Waals surface area (Å²) in [5.41, 5.74) is 4.20. The molecular weight excluding hydrogens is 316 g/mol. The van der Waals surface area contributed by atoms with Gasteiger partial charge in [-0.15, -0.1) is 0 Å². The van der Waals surface area contributed by atoms with Crippen LogP contribution in [0.4, 0.5) is 0 Å². The van der Waals surface area contributed by atoms with Gasteiger partial charge in [-0.2, -0.15) is 10.2 Å². The van der Waals surface area contributed by atoms with E-state index in [-0.39, 0.29) is 5.56 Å². The van der Waals surface area contributed by atoms with Crippen LogP contribution in [0.1, 0.15) is 23.4 Å². The highest BCUT2D eigenvalue weighted by molar-refractivity contribution is 5.30. The minimum absolute atomic E-state index is 0.0220. The Hall–Kier alpha value is -1.99. The van der Waals surface area contributed by atoms with E-state index >= 15 is 0 Å². The summed E-state index contributed by atoms with van der Waals surface area (Å²) >= 11 is 0. The fourth-order valence-electron chi connectivity index (χ4n) is 3.96. The van der Waals surface area contributed by atoms with Gasteiger partial charge in [-0.1, -0.05) is 0 Å². The lowest BCUT2D eigenvalue weighted by atomic mass is 10.2. The van der Waals surface area contributed by atoms with Gasteiger partial charge < -0.3 is 0 Å². The van der Waals surface area contributed by atoms with Crippen LogP contribution in [-0.2, 0) is 33.0 Å². The number of piperazine rings is 1. The summed E-state index contributed by atoms with van der Waals surface area (Å²) in [6.45, 7) is 6.77. The van der Waals surface area contributed by atoms with Crippen molar-refractivity contribution in [2.24, 2.45) is 7.05 Å². The lowest BCUT2D eigenvalue weighted by Crippen LogP contribution is -2.47. The van der Waals surface area contributed by atoms with Gasteiger partial charge in [0.1, 0.15) is 0 Å². The maximum atomic E-state index is 11.7. The van der Waals surface area contributed by atoms with Crippen LogP contribution in [0.25, 0.3) is 0 Å². The van der Waals surface area contributed by atoms with E-state index in [1.54, 1.807) is 23.0 Å². The third kappa shape index (κ3) is 3.52. The number of hydrogen-bond donors (Lipinski definition) is 0. The summed E-state index contributed by atoms with van der Waals surface area (Å²) in [4.78, 5) is 16.7. The summed E-state index contributed by atoms with van der Waals surface area (Å²) in [7, 11) is 2.08.